The first-order valence-corrected chi connectivity index (χ1v) is 24.1. The van der Waals surface area contributed by atoms with E-state index in [4.69, 9.17) is 17.0 Å². The molecule has 5 aliphatic carbocycles. The van der Waals surface area contributed by atoms with Crippen LogP contribution in [-0.2, 0) is 20.8 Å². The molecule has 11 unspecified atom stereocenters. The van der Waals surface area contributed by atoms with Crippen LogP contribution in [0.5, 0.6) is 0 Å². The molecule has 3 fully saturated rings. The Morgan fingerprint density at radius 1 is 0.897 bits per heavy atom. The van der Waals surface area contributed by atoms with E-state index < -0.39 is 28.9 Å². The predicted octanol–water partition coefficient (Wildman–Crippen LogP) is 10.1. The first kappa shape index (κ1) is 33.6. The Morgan fingerprint density at radius 3 is 2.13 bits per heavy atom. The summed E-state index contributed by atoms with van der Waals surface area (Å²) in [7, 11) is 10.7. The number of fused-ring (bicyclic) bond motifs is 6. The van der Waals surface area contributed by atoms with E-state index in [-0.39, 0.29) is 14.9 Å². The molecule has 214 valence electrons. The summed E-state index contributed by atoms with van der Waals surface area (Å²) in [6.45, 7) is 10.3. The third kappa shape index (κ3) is 5.98. The summed E-state index contributed by atoms with van der Waals surface area (Å²) in [5, 5.41) is 0. The van der Waals surface area contributed by atoms with E-state index >= 15 is 0 Å². The second kappa shape index (κ2) is 14.0. The van der Waals surface area contributed by atoms with Crippen molar-refractivity contribution in [3.63, 3.8) is 0 Å². The molecule has 0 spiro atoms. The molecule has 2 saturated carbocycles. The molecule has 1 heterocycles. The Balaban J connectivity index is 0.000000805. The Kier molecular flexibility index (Phi) is 12.1. The quantitative estimate of drug-likeness (QED) is 0.209. The van der Waals surface area contributed by atoms with Crippen LogP contribution in [0, 0.1) is 56.3 Å². The van der Waals surface area contributed by atoms with E-state index in [1.165, 1.54) is 31.3 Å². The van der Waals surface area contributed by atoms with Gasteiger partial charge in [-0.25, -0.2) is 0 Å². The summed E-state index contributed by atoms with van der Waals surface area (Å²) in [4.78, 5) is 2.78. The predicted molar refractivity (Wildman–Crippen MR) is 173 cm³/mol. The van der Waals surface area contributed by atoms with Crippen LogP contribution in [0.4, 0.5) is 0 Å². The number of nitrogens with zero attached hydrogens (tertiary/aromatic N) is 1. The summed E-state index contributed by atoms with van der Waals surface area (Å²) in [5.74, 6) is 5.40. The van der Waals surface area contributed by atoms with Crippen LogP contribution in [0.3, 0.4) is 0 Å². The minimum absolute atomic E-state index is 0. The van der Waals surface area contributed by atoms with Gasteiger partial charge in [-0.05, 0) is 73.4 Å². The van der Waals surface area contributed by atoms with E-state index in [9.17, 15) is 0 Å². The van der Waals surface area contributed by atoms with Crippen molar-refractivity contribution in [2.24, 2.45) is 41.4 Å². The van der Waals surface area contributed by atoms with Crippen LogP contribution in [0.1, 0.15) is 39.5 Å². The molecule has 0 aromatic heterocycles. The van der Waals surface area contributed by atoms with Crippen LogP contribution in [0.15, 0.2) is 72.4 Å². The van der Waals surface area contributed by atoms with Gasteiger partial charge >= 0.3 is 37.9 Å². The molecule has 5 heteroatoms. The molecule has 0 N–H and O–H groups in total. The van der Waals surface area contributed by atoms with E-state index in [0.717, 1.165) is 40.7 Å². The molecule has 6 rings (SSSR count). The van der Waals surface area contributed by atoms with Crippen LogP contribution in [0.2, 0.25) is 24.2 Å². The first-order chi connectivity index (χ1) is 17.8. The van der Waals surface area contributed by atoms with Crippen molar-refractivity contribution in [1.29, 1.82) is 0 Å². The van der Waals surface area contributed by atoms with Gasteiger partial charge in [-0.15, -0.1) is 0 Å². The van der Waals surface area contributed by atoms with Crippen LogP contribution >= 0.6 is 17.0 Å². The fourth-order valence-electron chi connectivity index (χ4n) is 9.83. The van der Waals surface area contributed by atoms with Gasteiger partial charge in [0.25, 0.3) is 0 Å². The molecule has 6 aliphatic rings. The molecule has 11 atom stereocenters. The SMILES string of the molecule is CCCCC1CC([Si](C)(C)C2C3C=CC=CC3C3C2C2C=C(C)C=CC2N3C)C2C=CC=CC12.[CH3-].[CH3-].[Cl][Zr+2][Cl]. The number of rotatable bonds is 5. The molecule has 0 bridgehead atoms. The third-order valence-corrected chi connectivity index (χ3v) is 16.2. The van der Waals surface area contributed by atoms with Gasteiger partial charge in [0.15, 0.2) is 0 Å². The van der Waals surface area contributed by atoms with Crippen molar-refractivity contribution in [3.05, 3.63) is 87.3 Å². The van der Waals surface area contributed by atoms with Gasteiger partial charge in [-0.1, -0.05) is 105 Å². The van der Waals surface area contributed by atoms with Gasteiger partial charge in [0.2, 0.25) is 0 Å². The minimum atomic E-state index is -1.60. The number of hydrogen-bond acceptors (Lipinski definition) is 1. The molecular formula is C34H51Cl2NSiZr. The van der Waals surface area contributed by atoms with Gasteiger partial charge in [0.05, 0.1) is 8.07 Å². The van der Waals surface area contributed by atoms with E-state index in [1.807, 2.05) is 0 Å². The summed E-state index contributed by atoms with van der Waals surface area (Å²) >= 11 is -0.826. The van der Waals surface area contributed by atoms with E-state index in [2.05, 4.69) is 106 Å². The van der Waals surface area contributed by atoms with E-state index in [1.54, 1.807) is 0 Å². The van der Waals surface area contributed by atoms with Crippen molar-refractivity contribution < 1.29 is 20.8 Å². The van der Waals surface area contributed by atoms with Crippen LogP contribution < -0.4 is 0 Å². The number of halogens is 2. The normalized spacial score (nSPS) is 40.7. The van der Waals surface area contributed by atoms with Crippen molar-refractivity contribution >= 4 is 25.1 Å². The molecule has 1 aliphatic heterocycles. The average molecular weight is 664 g/mol. The number of likely N-dealkylation sites (tertiary alicyclic amines) is 1. The van der Waals surface area contributed by atoms with Crippen molar-refractivity contribution in [3.8, 4) is 0 Å². The van der Waals surface area contributed by atoms with Crippen molar-refractivity contribution in [2.75, 3.05) is 7.05 Å². The van der Waals surface area contributed by atoms with E-state index in [0.29, 0.717) is 23.9 Å². The molecule has 0 aromatic rings. The Bertz CT molecular complexity index is 1010. The van der Waals surface area contributed by atoms with Gasteiger partial charge in [0.1, 0.15) is 0 Å². The maximum atomic E-state index is 4.93. The molecule has 1 saturated heterocycles. The summed E-state index contributed by atoms with van der Waals surface area (Å²) < 4.78 is 0. The Hall–Kier alpha value is 0.0800. The summed E-state index contributed by atoms with van der Waals surface area (Å²) in [5.41, 5.74) is 3.26. The Morgan fingerprint density at radius 2 is 1.49 bits per heavy atom. The van der Waals surface area contributed by atoms with Gasteiger partial charge < -0.3 is 14.9 Å². The zero-order valence-electron chi connectivity index (χ0n) is 25.2. The standard InChI is InChI=1S/C32H45NSi.2CH3.2ClH.Zr/c1-6-7-12-22-20-29(24-14-9-8-13-23(22)24)34(4,5)32-26-16-11-10-15-25(26)31-30(32)27-19-21(2)17-18-28(27)33(31)3;;;;;/h8-11,13-19,22-32H,6-7,12,20H2,1-5H3;2*1H3;2*1H;/q;2*-1;;;+4/p-2. The Labute approximate surface area is 260 Å². The number of unbranched alkanes of at least 4 members (excludes halogenated alkanes) is 1. The second-order valence-electron chi connectivity index (χ2n) is 13.1. The second-order valence-corrected chi connectivity index (χ2v) is 21.9. The molecule has 0 aromatic carbocycles. The molecule has 0 amide bonds. The zero-order chi connectivity index (χ0) is 26.3. The average Bonchev–Trinajstić information content (AvgIpc) is 3.52. The molecule has 0 radical (unpaired) electrons. The van der Waals surface area contributed by atoms with Crippen molar-refractivity contribution in [1.82, 2.24) is 4.90 Å². The topological polar surface area (TPSA) is 3.24 Å². The third-order valence-electron chi connectivity index (χ3n) is 11.2. The van der Waals surface area contributed by atoms with Gasteiger partial charge in [0, 0.05) is 18.0 Å². The number of likely N-dealkylation sites (N-methyl/N-ethyl adjacent to an activating group) is 1. The molecular weight excluding hydrogens is 613 g/mol. The monoisotopic (exact) mass is 661 g/mol. The summed E-state index contributed by atoms with van der Waals surface area (Å²) in [6, 6.07) is 1.29. The summed E-state index contributed by atoms with van der Waals surface area (Å²) in [6.07, 6.45) is 33.1. The number of allylic oxidation sites excluding steroid dienone is 9. The fourth-order valence-corrected chi connectivity index (χ4v) is 15.3. The van der Waals surface area contributed by atoms with Gasteiger partial charge in [-0.2, -0.15) is 0 Å². The fraction of sp³-hybridized carbons (Fsp3) is 0.588. The van der Waals surface area contributed by atoms with Crippen molar-refractivity contribution in [2.45, 2.75) is 75.8 Å². The zero-order valence-corrected chi connectivity index (χ0v) is 30.2. The van der Waals surface area contributed by atoms with Crippen LogP contribution in [-0.4, -0.2) is 32.1 Å². The molecule has 1 nitrogen and oxygen atoms in total. The maximum absolute atomic E-state index is 4.93. The number of hydrogen-bond donors (Lipinski definition) is 0. The molecule has 39 heavy (non-hydrogen) atoms. The van der Waals surface area contributed by atoms with Gasteiger partial charge in [-0.3, -0.25) is 4.90 Å². The first-order valence-electron chi connectivity index (χ1n) is 14.6. The van der Waals surface area contributed by atoms with Crippen LogP contribution in [0.25, 0.3) is 0 Å².